The average Bonchev–Trinajstić information content (AvgIpc) is 3.70. The number of rotatable bonds is 7. The average molecular weight is 779 g/mol. The van der Waals surface area contributed by atoms with Crippen LogP contribution in [0.1, 0.15) is 18.4 Å². The summed E-state index contributed by atoms with van der Waals surface area (Å²) >= 11 is 0. The Balaban J connectivity index is 0.976. The molecule has 61 heavy (non-hydrogen) atoms. The Hall–Kier alpha value is -8.45. The van der Waals surface area contributed by atoms with Crippen molar-refractivity contribution in [2.75, 3.05) is 0 Å². The van der Waals surface area contributed by atoms with Gasteiger partial charge in [-0.2, -0.15) is 5.26 Å². The number of allylic oxidation sites excluding steroid dienone is 4. The van der Waals surface area contributed by atoms with Crippen molar-refractivity contribution < 1.29 is 0 Å². The fraction of sp³-hybridized carbons (Fsp3) is 0.0364. The lowest BCUT2D eigenvalue weighted by atomic mass is 9.99. The molecule has 284 valence electrons. The Kier molecular flexibility index (Phi) is 8.81. The van der Waals surface area contributed by atoms with Gasteiger partial charge < -0.3 is 4.57 Å². The van der Waals surface area contributed by atoms with E-state index >= 15 is 0 Å². The first kappa shape index (κ1) is 35.7. The number of nitriles is 1. The highest BCUT2D eigenvalue weighted by molar-refractivity contribution is 6.24. The van der Waals surface area contributed by atoms with Crippen molar-refractivity contribution in [3.8, 4) is 73.7 Å². The SMILES string of the molecule is N#Cc1ccc(-c2nc(-c3ccc(-c4ccc(-c5nc6ccccc6c6c7ccccc7n(C7=CCCC=C7)c56)cc4)cc3)nc(-c3cc#cc(-c4ccccc4)c3)n2)cc1. The summed E-state index contributed by atoms with van der Waals surface area (Å²) in [5, 5.41) is 13.0. The molecule has 0 aliphatic heterocycles. The van der Waals surface area contributed by atoms with E-state index < -0.39 is 0 Å². The summed E-state index contributed by atoms with van der Waals surface area (Å²) in [7, 11) is 0. The van der Waals surface area contributed by atoms with E-state index in [-0.39, 0.29) is 0 Å². The Morgan fingerprint density at radius 1 is 0.541 bits per heavy atom. The molecule has 7 aromatic carbocycles. The molecule has 0 radical (unpaired) electrons. The third-order valence-electron chi connectivity index (χ3n) is 11.4. The van der Waals surface area contributed by atoms with Crippen LogP contribution in [0.25, 0.3) is 106 Å². The first-order chi connectivity index (χ1) is 30.2. The number of nitrogens with zero attached hydrogens (tertiary/aromatic N) is 6. The number of fused-ring (bicyclic) bond motifs is 5. The van der Waals surface area contributed by atoms with Gasteiger partial charge >= 0.3 is 0 Å². The summed E-state index contributed by atoms with van der Waals surface area (Å²) in [6, 6.07) is 64.1. The Morgan fingerprint density at radius 3 is 1.84 bits per heavy atom. The lowest BCUT2D eigenvalue weighted by molar-refractivity contribution is 1.02. The maximum Gasteiger partial charge on any atom is 0.164 e. The summed E-state index contributed by atoms with van der Waals surface area (Å²) < 4.78 is 2.40. The Bertz CT molecular complexity index is 3390. The lowest BCUT2D eigenvalue weighted by Gasteiger charge is -2.15. The Labute approximate surface area is 353 Å². The molecule has 0 saturated heterocycles. The molecule has 1 aliphatic carbocycles. The lowest BCUT2D eigenvalue weighted by Crippen LogP contribution is -2.00. The predicted octanol–water partition coefficient (Wildman–Crippen LogP) is 13.2. The van der Waals surface area contributed by atoms with Crippen LogP contribution in [0.5, 0.6) is 0 Å². The third-order valence-corrected chi connectivity index (χ3v) is 11.4. The van der Waals surface area contributed by atoms with Crippen LogP contribution >= 0.6 is 0 Å². The van der Waals surface area contributed by atoms with Crippen molar-refractivity contribution in [1.82, 2.24) is 24.5 Å². The van der Waals surface area contributed by atoms with Crippen molar-refractivity contribution in [3.05, 3.63) is 200 Å². The van der Waals surface area contributed by atoms with E-state index in [9.17, 15) is 5.26 Å². The van der Waals surface area contributed by atoms with Gasteiger partial charge in [0.05, 0.1) is 33.9 Å². The van der Waals surface area contributed by atoms with E-state index in [1.807, 2.05) is 54.6 Å². The number of aromatic nitrogens is 5. The minimum atomic E-state index is 0.518. The van der Waals surface area contributed by atoms with Gasteiger partial charge in [0, 0.05) is 49.7 Å². The van der Waals surface area contributed by atoms with E-state index in [0.717, 1.165) is 79.5 Å². The van der Waals surface area contributed by atoms with E-state index in [1.165, 1.54) is 22.0 Å². The Morgan fingerprint density at radius 2 is 1.15 bits per heavy atom. The number of pyridine rings is 1. The van der Waals surface area contributed by atoms with E-state index in [0.29, 0.717) is 23.0 Å². The first-order valence-electron chi connectivity index (χ1n) is 20.3. The van der Waals surface area contributed by atoms with Crippen LogP contribution in [0.4, 0.5) is 0 Å². The highest BCUT2D eigenvalue weighted by Crippen LogP contribution is 2.42. The number of hydrogen-bond donors (Lipinski definition) is 0. The van der Waals surface area contributed by atoms with Crippen molar-refractivity contribution in [3.63, 3.8) is 0 Å². The molecule has 10 aromatic rings. The van der Waals surface area contributed by atoms with Gasteiger partial charge in [-0.05, 0) is 84.1 Å². The molecular formula is C55H34N6. The molecular weight excluding hydrogens is 745 g/mol. The van der Waals surface area contributed by atoms with Gasteiger partial charge in [-0.1, -0.05) is 140 Å². The zero-order valence-corrected chi connectivity index (χ0v) is 32.9. The maximum atomic E-state index is 9.42. The fourth-order valence-electron chi connectivity index (χ4n) is 8.34. The molecule has 0 bridgehead atoms. The molecule has 0 spiro atoms. The van der Waals surface area contributed by atoms with Gasteiger partial charge in [0.15, 0.2) is 17.5 Å². The highest BCUT2D eigenvalue weighted by Gasteiger charge is 2.21. The molecule has 0 amide bonds. The van der Waals surface area contributed by atoms with Crippen LogP contribution < -0.4 is 0 Å². The second-order valence-corrected chi connectivity index (χ2v) is 15.1. The van der Waals surface area contributed by atoms with Crippen molar-refractivity contribution in [2.45, 2.75) is 12.8 Å². The molecule has 0 fully saturated rings. The molecule has 1 aliphatic rings. The molecule has 3 aromatic heterocycles. The summed E-state index contributed by atoms with van der Waals surface area (Å²) in [6.45, 7) is 0. The van der Waals surface area contributed by atoms with Crippen molar-refractivity contribution in [1.29, 1.82) is 5.26 Å². The molecule has 0 unspecified atom stereocenters. The summed E-state index contributed by atoms with van der Waals surface area (Å²) in [6.07, 6.45) is 8.91. The van der Waals surface area contributed by atoms with Crippen LogP contribution in [-0.4, -0.2) is 24.5 Å². The van der Waals surface area contributed by atoms with Crippen LogP contribution in [-0.2, 0) is 0 Å². The predicted molar refractivity (Wildman–Crippen MR) is 246 cm³/mol. The van der Waals surface area contributed by atoms with Crippen molar-refractivity contribution >= 4 is 38.4 Å². The van der Waals surface area contributed by atoms with Crippen molar-refractivity contribution in [2.24, 2.45) is 0 Å². The minimum absolute atomic E-state index is 0.518. The first-order valence-corrected chi connectivity index (χ1v) is 20.3. The zero-order chi connectivity index (χ0) is 40.7. The fourth-order valence-corrected chi connectivity index (χ4v) is 8.34. The molecule has 0 saturated carbocycles. The zero-order valence-electron chi connectivity index (χ0n) is 32.9. The van der Waals surface area contributed by atoms with Gasteiger partial charge in [-0.25, -0.2) is 19.9 Å². The van der Waals surface area contributed by atoms with Crippen LogP contribution in [0, 0.1) is 23.5 Å². The van der Waals surface area contributed by atoms with E-state index in [2.05, 4.69) is 138 Å². The third kappa shape index (κ3) is 6.50. The van der Waals surface area contributed by atoms with Crippen LogP contribution in [0.2, 0.25) is 0 Å². The minimum Gasteiger partial charge on any atom is -0.307 e. The number of para-hydroxylation sites is 2. The van der Waals surface area contributed by atoms with Gasteiger partial charge in [0.1, 0.15) is 0 Å². The molecule has 6 heteroatoms. The summed E-state index contributed by atoms with van der Waals surface area (Å²) in [5.74, 6) is 1.59. The standard InChI is InChI=1S/C55H34N6/c56-35-36-22-24-41(25-23-36)53-58-54(60-55(59-53)44-15-11-14-43(34-44)37-12-3-1-4-13-37)42-32-28-39(29-33-42)38-26-30-40(31-27-38)51-52-50(46-18-7-9-20-48(46)57-51)47-19-8-10-21-49(47)61(52)45-16-5-2-6-17-45/h1,3-5,7-10,12-13,15-34H,2,6H2. The normalized spacial score (nSPS) is 12.3. The van der Waals surface area contributed by atoms with Crippen LogP contribution in [0.15, 0.2) is 182 Å². The van der Waals surface area contributed by atoms with E-state index in [1.54, 1.807) is 12.1 Å². The highest BCUT2D eigenvalue weighted by atomic mass is 15.0. The van der Waals surface area contributed by atoms with Gasteiger partial charge in [-0.3, -0.25) is 0 Å². The largest absolute Gasteiger partial charge is 0.307 e. The monoisotopic (exact) mass is 778 g/mol. The molecule has 0 atom stereocenters. The molecule has 6 nitrogen and oxygen atoms in total. The second-order valence-electron chi connectivity index (χ2n) is 15.1. The van der Waals surface area contributed by atoms with E-state index in [4.69, 9.17) is 19.9 Å². The van der Waals surface area contributed by atoms with Gasteiger partial charge in [0.2, 0.25) is 0 Å². The molecule has 11 rings (SSSR count). The van der Waals surface area contributed by atoms with Crippen LogP contribution in [0.3, 0.4) is 0 Å². The number of benzene rings is 6. The van der Waals surface area contributed by atoms with Gasteiger partial charge in [0.25, 0.3) is 0 Å². The van der Waals surface area contributed by atoms with Gasteiger partial charge in [-0.15, -0.1) is 0 Å². The summed E-state index contributed by atoms with van der Waals surface area (Å²) in [5.41, 5.74) is 13.6. The topological polar surface area (TPSA) is 80.3 Å². The smallest absolute Gasteiger partial charge is 0.164 e. The molecule has 0 N–H and O–H groups in total. The number of hydrogen-bond acceptors (Lipinski definition) is 5. The summed E-state index contributed by atoms with van der Waals surface area (Å²) in [4.78, 5) is 20.2. The molecule has 3 heterocycles. The second kappa shape index (κ2) is 15.1. The maximum absolute atomic E-state index is 9.42. The quantitative estimate of drug-likeness (QED) is 0.161.